The van der Waals surface area contributed by atoms with Gasteiger partial charge in [0, 0.05) is 31.7 Å². The third-order valence-electron chi connectivity index (χ3n) is 3.67. The maximum absolute atomic E-state index is 12.4. The zero-order chi connectivity index (χ0) is 15.1. The van der Waals surface area contributed by atoms with Gasteiger partial charge in [0.05, 0.1) is 19.2 Å². The molecule has 2 rings (SSSR count). The van der Waals surface area contributed by atoms with Crippen LogP contribution in [0.5, 0.6) is 0 Å². The number of nitrogens with zero attached hydrogens (tertiary/aromatic N) is 1. The van der Waals surface area contributed by atoms with Gasteiger partial charge in [0.25, 0.3) is 0 Å². The first kappa shape index (κ1) is 16.3. The number of thioether (sulfide) groups is 1. The lowest BCUT2D eigenvalue weighted by atomic mass is 10.0. The fourth-order valence-electron chi connectivity index (χ4n) is 2.44. The summed E-state index contributed by atoms with van der Waals surface area (Å²) in [5, 5.41) is 3.14. The SMILES string of the molecule is COCCNCC(=O)N1CCSCC1c1ccc(C)cc1. The first-order valence-corrected chi connectivity index (χ1v) is 8.51. The number of hydrogen-bond acceptors (Lipinski definition) is 4. The summed E-state index contributed by atoms with van der Waals surface area (Å²) in [4.78, 5) is 14.4. The van der Waals surface area contributed by atoms with Crippen molar-refractivity contribution < 1.29 is 9.53 Å². The van der Waals surface area contributed by atoms with Crippen molar-refractivity contribution in [2.45, 2.75) is 13.0 Å². The van der Waals surface area contributed by atoms with Gasteiger partial charge in [0.15, 0.2) is 0 Å². The van der Waals surface area contributed by atoms with Crippen LogP contribution in [0.4, 0.5) is 0 Å². The summed E-state index contributed by atoms with van der Waals surface area (Å²) < 4.78 is 4.98. The van der Waals surface area contributed by atoms with Gasteiger partial charge in [-0.25, -0.2) is 0 Å². The van der Waals surface area contributed by atoms with E-state index in [-0.39, 0.29) is 11.9 Å². The van der Waals surface area contributed by atoms with Crippen molar-refractivity contribution in [1.82, 2.24) is 10.2 Å². The number of methoxy groups -OCH3 is 1. The number of amides is 1. The maximum Gasteiger partial charge on any atom is 0.237 e. The van der Waals surface area contributed by atoms with Crippen molar-refractivity contribution in [3.63, 3.8) is 0 Å². The van der Waals surface area contributed by atoms with E-state index in [9.17, 15) is 4.79 Å². The lowest BCUT2D eigenvalue weighted by molar-refractivity contribution is -0.132. The second-order valence-corrected chi connectivity index (χ2v) is 6.41. The molecule has 0 aliphatic carbocycles. The molecule has 1 fully saturated rings. The van der Waals surface area contributed by atoms with Crippen molar-refractivity contribution in [1.29, 1.82) is 0 Å². The molecular formula is C16H24N2O2S. The van der Waals surface area contributed by atoms with Crippen LogP contribution in [0.15, 0.2) is 24.3 Å². The first-order chi connectivity index (χ1) is 10.2. The predicted molar refractivity (Wildman–Crippen MR) is 87.7 cm³/mol. The molecule has 1 aliphatic rings. The highest BCUT2D eigenvalue weighted by molar-refractivity contribution is 7.99. The number of carbonyl (C=O) groups excluding carboxylic acids is 1. The fourth-order valence-corrected chi connectivity index (χ4v) is 3.53. The molecule has 4 nitrogen and oxygen atoms in total. The number of aryl methyl sites for hydroxylation is 1. The zero-order valence-corrected chi connectivity index (χ0v) is 13.6. The van der Waals surface area contributed by atoms with Gasteiger partial charge in [0.1, 0.15) is 0 Å². The third kappa shape index (κ3) is 4.73. The second kappa shape index (κ2) is 8.41. The minimum atomic E-state index is 0.178. The Morgan fingerprint density at radius 3 is 2.90 bits per heavy atom. The van der Waals surface area contributed by atoms with Crippen LogP contribution in [0.2, 0.25) is 0 Å². The molecule has 0 spiro atoms. The molecule has 1 heterocycles. The molecule has 1 saturated heterocycles. The number of ether oxygens (including phenoxy) is 1. The van der Waals surface area contributed by atoms with Crippen molar-refractivity contribution in [3.8, 4) is 0 Å². The zero-order valence-electron chi connectivity index (χ0n) is 12.8. The van der Waals surface area contributed by atoms with Crippen molar-refractivity contribution >= 4 is 17.7 Å². The van der Waals surface area contributed by atoms with Crippen molar-refractivity contribution in [2.24, 2.45) is 0 Å². The van der Waals surface area contributed by atoms with Crippen molar-refractivity contribution in [3.05, 3.63) is 35.4 Å². The summed E-state index contributed by atoms with van der Waals surface area (Å²) in [6, 6.07) is 8.72. The molecule has 1 aromatic carbocycles. The van der Waals surface area contributed by atoms with Gasteiger partial charge in [-0.3, -0.25) is 4.79 Å². The summed E-state index contributed by atoms with van der Waals surface area (Å²) in [5.74, 6) is 2.18. The number of carbonyl (C=O) groups is 1. The predicted octanol–water partition coefficient (Wildman–Crippen LogP) is 1.85. The summed E-state index contributed by atoms with van der Waals surface area (Å²) in [6.07, 6.45) is 0. The molecule has 5 heteroatoms. The van der Waals surface area contributed by atoms with E-state index in [0.717, 1.165) is 18.1 Å². The number of benzene rings is 1. The standard InChI is InChI=1S/C16H24N2O2S/c1-13-3-5-14(6-4-13)15-12-21-10-8-18(15)16(19)11-17-7-9-20-2/h3-6,15,17H,7-12H2,1-2H3. The number of rotatable bonds is 6. The van der Waals surface area contributed by atoms with Crippen LogP contribution in [0.3, 0.4) is 0 Å². The molecule has 1 atom stereocenters. The molecule has 0 radical (unpaired) electrons. The molecule has 0 bridgehead atoms. The van der Waals surface area contributed by atoms with Crippen LogP contribution in [-0.2, 0) is 9.53 Å². The fraction of sp³-hybridized carbons (Fsp3) is 0.562. The smallest absolute Gasteiger partial charge is 0.237 e. The van der Waals surface area contributed by atoms with E-state index in [4.69, 9.17) is 4.74 Å². The Kier molecular flexibility index (Phi) is 6.54. The van der Waals surface area contributed by atoms with E-state index in [2.05, 4.69) is 36.5 Å². The van der Waals surface area contributed by atoms with Gasteiger partial charge in [0.2, 0.25) is 5.91 Å². The van der Waals surface area contributed by atoms with Gasteiger partial charge >= 0.3 is 0 Å². The van der Waals surface area contributed by atoms with Crippen LogP contribution in [-0.4, -0.2) is 55.7 Å². The highest BCUT2D eigenvalue weighted by Gasteiger charge is 2.27. The molecule has 116 valence electrons. The minimum absolute atomic E-state index is 0.178. The van der Waals surface area contributed by atoms with Gasteiger partial charge in [-0.1, -0.05) is 29.8 Å². The largest absolute Gasteiger partial charge is 0.383 e. The summed E-state index contributed by atoms with van der Waals surface area (Å²) in [5.41, 5.74) is 2.49. The Morgan fingerprint density at radius 2 is 2.19 bits per heavy atom. The van der Waals surface area contributed by atoms with E-state index < -0.39 is 0 Å². The summed E-state index contributed by atoms with van der Waals surface area (Å²) in [7, 11) is 1.67. The Morgan fingerprint density at radius 1 is 1.43 bits per heavy atom. The van der Waals surface area contributed by atoms with Crippen LogP contribution in [0.1, 0.15) is 17.2 Å². The lowest BCUT2D eigenvalue weighted by Crippen LogP contribution is -2.45. The molecule has 0 saturated carbocycles. The highest BCUT2D eigenvalue weighted by atomic mass is 32.2. The van der Waals surface area contributed by atoms with E-state index in [1.807, 2.05) is 16.7 Å². The Bertz CT molecular complexity index is 450. The molecule has 21 heavy (non-hydrogen) atoms. The third-order valence-corrected chi connectivity index (χ3v) is 4.69. The molecule has 1 unspecified atom stereocenters. The molecular weight excluding hydrogens is 284 g/mol. The summed E-state index contributed by atoms with van der Waals surface area (Å²) >= 11 is 1.92. The monoisotopic (exact) mass is 308 g/mol. The van der Waals surface area contributed by atoms with Crippen molar-refractivity contribution in [2.75, 3.05) is 44.9 Å². The second-order valence-electron chi connectivity index (χ2n) is 5.26. The van der Waals surface area contributed by atoms with Crippen LogP contribution in [0.25, 0.3) is 0 Å². The maximum atomic E-state index is 12.4. The number of hydrogen-bond donors (Lipinski definition) is 1. The molecule has 1 N–H and O–H groups in total. The Hall–Kier alpha value is -1.04. The van der Waals surface area contributed by atoms with Gasteiger partial charge in [-0.15, -0.1) is 0 Å². The quantitative estimate of drug-likeness (QED) is 0.814. The number of nitrogens with one attached hydrogen (secondary N) is 1. The average Bonchev–Trinajstić information content (AvgIpc) is 2.52. The van der Waals surface area contributed by atoms with Crippen LogP contribution in [0, 0.1) is 6.92 Å². The van der Waals surface area contributed by atoms with Gasteiger partial charge in [-0.2, -0.15) is 11.8 Å². The van der Waals surface area contributed by atoms with Crippen LogP contribution < -0.4 is 5.32 Å². The highest BCUT2D eigenvalue weighted by Crippen LogP contribution is 2.29. The van der Waals surface area contributed by atoms with E-state index in [1.54, 1.807) is 7.11 Å². The van der Waals surface area contributed by atoms with E-state index in [0.29, 0.717) is 19.7 Å². The summed E-state index contributed by atoms with van der Waals surface area (Å²) in [6.45, 7) is 4.64. The molecule has 0 aromatic heterocycles. The van der Waals surface area contributed by atoms with Gasteiger partial charge < -0.3 is 15.0 Å². The van der Waals surface area contributed by atoms with Gasteiger partial charge in [-0.05, 0) is 12.5 Å². The minimum Gasteiger partial charge on any atom is -0.383 e. The molecule has 1 amide bonds. The Labute approximate surface area is 131 Å². The normalized spacial score (nSPS) is 18.8. The lowest BCUT2D eigenvalue weighted by Gasteiger charge is -2.36. The Balaban J connectivity index is 1.98. The van der Waals surface area contributed by atoms with E-state index >= 15 is 0 Å². The molecule has 1 aromatic rings. The molecule has 1 aliphatic heterocycles. The van der Waals surface area contributed by atoms with E-state index in [1.165, 1.54) is 11.1 Å². The average molecular weight is 308 g/mol. The topological polar surface area (TPSA) is 41.6 Å². The van der Waals surface area contributed by atoms with Crippen LogP contribution >= 0.6 is 11.8 Å². The first-order valence-electron chi connectivity index (χ1n) is 7.36.